The summed E-state index contributed by atoms with van der Waals surface area (Å²) >= 11 is 0. The molecule has 138 valence electrons. The molecule has 0 aliphatic carbocycles. The molecular formula is C17H24FN3O4. The van der Waals surface area contributed by atoms with Crippen LogP contribution in [0.25, 0.3) is 0 Å². The molecular weight excluding hydrogens is 329 g/mol. The Kier molecular flexibility index (Phi) is 7.35. The lowest BCUT2D eigenvalue weighted by Crippen LogP contribution is -2.53. The van der Waals surface area contributed by atoms with Crippen LogP contribution in [0.15, 0.2) is 24.3 Å². The van der Waals surface area contributed by atoms with Crippen molar-refractivity contribution in [1.82, 2.24) is 16.2 Å². The smallest absolute Gasteiger partial charge is 0.408 e. The number of benzene rings is 1. The van der Waals surface area contributed by atoms with Crippen molar-refractivity contribution in [1.29, 1.82) is 0 Å². The lowest BCUT2D eigenvalue weighted by Gasteiger charge is -2.23. The number of amides is 3. The van der Waals surface area contributed by atoms with Crippen LogP contribution in [0.3, 0.4) is 0 Å². The maximum atomic E-state index is 13.0. The second-order valence-corrected chi connectivity index (χ2v) is 6.42. The average molecular weight is 353 g/mol. The van der Waals surface area contributed by atoms with Crippen LogP contribution in [0, 0.1) is 5.82 Å². The van der Waals surface area contributed by atoms with Gasteiger partial charge in [-0.3, -0.25) is 20.4 Å². The highest BCUT2D eigenvalue weighted by Gasteiger charge is 2.25. The lowest BCUT2D eigenvalue weighted by molar-refractivity contribution is -0.129. The van der Waals surface area contributed by atoms with Crippen LogP contribution in [-0.4, -0.2) is 29.6 Å². The molecule has 0 unspecified atom stereocenters. The van der Waals surface area contributed by atoms with Gasteiger partial charge in [-0.25, -0.2) is 9.18 Å². The summed E-state index contributed by atoms with van der Waals surface area (Å²) in [6, 6.07) is 4.54. The van der Waals surface area contributed by atoms with E-state index in [2.05, 4.69) is 16.2 Å². The van der Waals surface area contributed by atoms with Crippen molar-refractivity contribution in [2.75, 3.05) is 0 Å². The number of hydrazine groups is 1. The lowest BCUT2D eigenvalue weighted by atomic mass is 10.1. The van der Waals surface area contributed by atoms with E-state index in [1.807, 2.05) is 0 Å². The number of hydrogen-bond donors (Lipinski definition) is 3. The third-order valence-electron chi connectivity index (χ3n) is 3.01. The Labute approximate surface area is 146 Å². The van der Waals surface area contributed by atoms with Gasteiger partial charge in [0.1, 0.15) is 17.5 Å². The highest BCUT2D eigenvalue weighted by Crippen LogP contribution is 2.09. The molecule has 7 nitrogen and oxygen atoms in total. The van der Waals surface area contributed by atoms with Crippen LogP contribution < -0.4 is 16.2 Å². The third-order valence-corrected chi connectivity index (χ3v) is 3.01. The summed E-state index contributed by atoms with van der Waals surface area (Å²) in [5, 5.41) is 2.46. The molecule has 1 atom stereocenters. The second kappa shape index (κ2) is 9.00. The summed E-state index contributed by atoms with van der Waals surface area (Å²) in [5.41, 5.74) is 4.40. The molecule has 3 N–H and O–H groups in total. The van der Waals surface area contributed by atoms with Gasteiger partial charge in [0.2, 0.25) is 5.91 Å². The van der Waals surface area contributed by atoms with Gasteiger partial charge in [-0.05, 0) is 38.5 Å². The van der Waals surface area contributed by atoms with E-state index in [1.165, 1.54) is 24.3 Å². The second-order valence-electron chi connectivity index (χ2n) is 6.42. The first-order valence-electron chi connectivity index (χ1n) is 7.93. The quantitative estimate of drug-likeness (QED) is 0.704. The highest BCUT2D eigenvalue weighted by molar-refractivity contribution is 5.88. The monoisotopic (exact) mass is 353 g/mol. The average Bonchev–Trinajstić information content (AvgIpc) is 2.51. The maximum absolute atomic E-state index is 13.0. The Hall–Kier alpha value is -2.64. The zero-order chi connectivity index (χ0) is 19.0. The van der Waals surface area contributed by atoms with Crippen molar-refractivity contribution < 1.29 is 23.5 Å². The summed E-state index contributed by atoms with van der Waals surface area (Å²) in [4.78, 5) is 35.5. The van der Waals surface area contributed by atoms with Crippen LogP contribution >= 0.6 is 0 Å². The molecule has 0 saturated heterocycles. The Morgan fingerprint density at radius 3 is 2.24 bits per heavy atom. The van der Waals surface area contributed by atoms with Crippen molar-refractivity contribution in [2.24, 2.45) is 0 Å². The van der Waals surface area contributed by atoms with Gasteiger partial charge in [-0.2, -0.15) is 0 Å². The van der Waals surface area contributed by atoms with Gasteiger partial charge in [0, 0.05) is 12.8 Å². The van der Waals surface area contributed by atoms with Crippen LogP contribution in [-0.2, 0) is 20.7 Å². The normalized spacial score (nSPS) is 12.0. The number of halogens is 1. The maximum Gasteiger partial charge on any atom is 0.408 e. The SMILES string of the molecule is CCC(=O)NNC(=O)[C@@H](Cc1ccc(F)cc1)NC(=O)OC(C)(C)C. The van der Waals surface area contributed by atoms with Gasteiger partial charge in [0.15, 0.2) is 0 Å². The van der Waals surface area contributed by atoms with Crippen LogP contribution in [0.2, 0.25) is 0 Å². The first-order valence-corrected chi connectivity index (χ1v) is 7.93. The molecule has 8 heteroatoms. The van der Waals surface area contributed by atoms with Crippen molar-refractivity contribution in [3.05, 3.63) is 35.6 Å². The van der Waals surface area contributed by atoms with E-state index in [0.717, 1.165) is 0 Å². The first-order chi connectivity index (χ1) is 11.6. The zero-order valence-corrected chi connectivity index (χ0v) is 14.8. The van der Waals surface area contributed by atoms with Crippen LogP contribution in [0.5, 0.6) is 0 Å². The van der Waals surface area contributed by atoms with Gasteiger partial charge >= 0.3 is 6.09 Å². The van der Waals surface area contributed by atoms with Gasteiger partial charge in [-0.15, -0.1) is 0 Å². The van der Waals surface area contributed by atoms with E-state index in [1.54, 1.807) is 27.7 Å². The summed E-state index contributed by atoms with van der Waals surface area (Å²) in [6.07, 6.45) is -0.466. The molecule has 3 amide bonds. The number of hydrogen-bond acceptors (Lipinski definition) is 4. The minimum atomic E-state index is -1.00. The van der Waals surface area contributed by atoms with E-state index in [-0.39, 0.29) is 18.7 Å². The molecule has 0 fully saturated rings. The summed E-state index contributed by atoms with van der Waals surface area (Å²) in [6.45, 7) is 6.73. The van der Waals surface area contributed by atoms with E-state index >= 15 is 0 Å². The fraction of sp³-hybridized carbons (Fsp3) is 0.471. The largest absolute Gasteiger partial charge is 0.444 e. The Balaban J connectivity index is 2.81. The Morgan fingerprint density at radius 1 is 1.12 bits per heavy atom. The fourth-order valence-electron chi connectivity index (χ4n) is 1.82. The predicted octanol–water partition coefficient (Wildman–Crippen LogP) is 1.82. The fourth-order valence-corrected chi connectivity index (χ4v) is 1.82. The minimum absolute atomic E-state index is 0.105. The molecule has 25 heavy (non-hydrogen) atoms. The molecule has 1 aromatic carbocycles. The van der Waals surface area contributed by atoms with Crippen molar-refractivity contribution in [2.45, 2.75) is 52.2 Å². The first kappa shape index (κ1) is 20.4. The standard InChI is InChI=1S/C17H24FN3O4/c1-5-14(22)20-21-15(23)13(19-16(24)25-17(2,3)4)10-11-6-8-12(18)9-7-11/h6-9,13H,5,10H2,1-4H3,(H,19,24)(H,20,22)(H,21,23)/t13-/m1/s1. The molecule has 1 rings (SSSR count). The van der Waals surface area contributed by atoms with Gasteiger partial charge in [-0.1, -0.05) is 19.1 Å². The number of rotatable bonds is 5. The molecule has 0 aliphatic rings. The summed E-state index contributed by atoms with van der Waals surface area (Å²) in [5.74, 6) is -1.39. The Morgan fingerprint density at radius 2 is 1.72 bits per heavy atom. The van der Waals surface area contributed by atoms with Crippen molar-refractivity contribution >= 4 is 17.9 Å². The molecule has 0 radical (unpaired) electrons. The number of alkyl carbamates (subject to hydrolysis) is 1. The van der Waals surface area contributed by atoms with E-state index in [0.29, 0.717) is 5.56 Å². The number of carbonyl (C=O) groups excluding carboxylic acids is 3. The minimum Gasteiger partial charge on any atom is -0.444 e. The molecule has 0 aromatic heterocycles. The van der Waals surface area contributed by atoms with E-state index < -0.39 is 29.5 Å². The van der Waals surface area contributed by atoms with Gasteiger partial charge in [0.05, 0.1) is 0 Å². The van der Waals surface area contributed by atoms with Gasteiger partial charge in [0.25, 0.3) is 5.91 Å². The van der Waals surface area contributed by atoms with Crippen molar-refractivity contribution in [3.8, 4) is 0 Å². The summed E-state index contributed by atoms with van der Waals surface area (Å²) < 4.78 is 18.2. The highest BCUT2D eigenvalue weighted by atomic mass is 19.1. The number of nitrogens with one attached hydrogen (secondary N) is 3. The molecule has 1 aromatic rings. The van der Waals surface area contributed by atoms with E-state index in [4.69, 9.17) is 4.74 Å². The van der Waals surface area contributed by atoms with E-state index in [9.17, 15) is 18.8 Å². The molecule has 0 spiro atoms. The predicted molar refractivity (Wildman–Crippen MR) is 89.8 cm³/mol. The Bertz CT molecular complexity index is 611. The number of carbonyl (C=O) groups is 3. The third kappa shape index (κ3) is 8.14. The van der Waals surface area contributed by atoms with Crippen LogP contribution in [0.4, 0.5) is 9.18 Å². The topological polar surface area (TPSA) is 96.5 Å². The molecule has 0 aliphatic heterocycles. The number of ether oxygens (including phenoxy) is 1. The molecule has 0 heterocycles. The van der Waals surface area contributed by atoms with Crippen LogP contribution in [0.1, 0.15) is 39.7 Å². The van der Waals surface area contributed by atoms with Crippen molar-refractivity contribution in [3.63, 3.8) is 0 Å². The zero-order valence-electron chi connectivity index (χ0n) is 14.8. The molecule has 0 bridgehead atoms. The summed E-state index contributed by atoms with van der Waals surface area (Å²) in [7, 11) is 0. The van der Waals surface area contributed by atoms with Gasteiger partial charge < -0.3 is 10.1 Å². The molecule has 0 saturated carbocycles.